The average molecular weight is 283 g/mol. The first kappa shape index (κ1) is 14.3. The molecule has 2 rings (SSSR count). The minimum absolute atomic E-state index is 0.0769. The van der Waals surface area contributed by atoms with Gasteiger partial charge in [-0.3, -0.25) is 20.1 Å². The van der Waals surface area contributed by atoms with Crippen molar-refractivity contribution in [3.8, 4) is 0 Å². The van der Waals surface area contributed by atoms with Crippen LogP contribution in [0.5, 0.6) is 0 Å². The van der Waals surface area contributed by atoms with E-state index in [1.165, 1.54) is 6.20 Å². The van der Waals surface area contributed by atoms with Crippen LogP contribution in [-0.2, 0) is 4.74 Å². The second-order valence-electron chi connectivity index (χ2n) is 4.43. The molecule has 1 amide bonds. The number of amides is 1. The molecular formula is C11H17N5O4. The van der Waals surface area contributed by atoms with E-state index in [0.717, 1.165) is 25.9 Å². The number of hydrogen-bond acceptors (Lipinski definition) is 6. The summed E-state index contributed by atoms with van der Waals surface area (Å²) < 4.78 is 6.26. The molecule has 2 heterocycles. The zero-order valence-corrected chi connectivity index (χ0v) is 11.2. The highest BCUT2D eigenvalue weighted by atomic mass is 16.6. The van der Waals surface area contributed by atoms with Crippen molar-refractivity contribution < 1.29 is 14.5 Å². The van der Waals surface area contributed by atoms with Gasteiger partial charge in [0.2, 0.25) is 5.82 Å². The van der Waals surface area contributed by atoms with Crippen molar-refractivity contribution in [3.05, 3.63) is 16.3 Å². The highest BCUT2D eigenvalue weighted by Gasteiger charge is 2.25. The van der Waals surface area contributed by atoms with Gasteiger partial charge in [-0.25, -0.2) is 4.79 Å². The molecule has 1 aliphatic rings. The number of nitro groups is 1. The van der Waals surface area contributed by atoms with E-state index >= 15 is 0 Å². The second kappa shape index (κ2) is 6.33. The molecule has 1 aromatic heterocycles. The fourth-order valence-corrected chi connectivity index (χ4v) is 2.13. The van der Waals surface area contributed by atoms with Crippen LogP contribution >= 0.6 is 0 Å². The molecule has 20 heavy (non-hydrogen) atoms. The SMILES string of the molecule is CCOC(=O)Nc1nn(C2CCNCC2)cc1[N+](=O)[O-]. The second-order valence-corrected chi connectivity index (χ2v) is 4.43. The topological polar surface area (TPSA) is 111 Å². The highest BCUT2D eigenvalue weighted by Crippen LogP contribution is 2.27. The van der Waals surface area contributed by atoms with Crippen LogP contribution in [0.15, 0.2) is 6.20 Å². The molecule has 1 aliphatic heterocycles. The smallest absolute Gasteiger partial charge is 0.413 e. The van der Waals surface area contributed by atoms with Crippen LogP contribution in [0.2, 0.25) is 0 Å². The van der Waals surface area contributed by atoms with Crippen LogP contribution in [0.1, 0.15) is 25.8 Å². The lowest BCUT2D eigenvalue weighted by atomic mass is 10.1. The van der Waals surface area contributed by atoms with Crippen LogP contribution in [-0.4, -0.2) is 40.5 Å². The molecule has 0 bridgehead atoms. The van der Waals surface area contributed by atoms with E-state index in [9.17, 15) is 14.9 Å². The number of aromatic nitrogens is 2. The van der Waals surface area contributed by atoms with Gasteiger partial charge >= 0.3 is 11.8 Å². The standard InChI is InChI=1S/C11H17N5O4/c1-2-20-11(17)13-10-9(16(18)19)7-15(14-10)8-3-5-12-6-4-8/h7-8,12H,2-6H2,1H3,(H,13,14,17). The van der Waals surface area contributed by atoms with Crippen LogP contribution in [0.3, 0.4) is 0 Å². The fourth-order valence-electron chi connectivity index (χ4n) is 2.13. The average Bonchev–Trinajstić information content (AvgIpc) is 2.84. The highest BCUT2D eigenvalue weighted by molar-refractivity contribution is 5.85. The van der Waals surface area contributed by atoms with Gasteiger partial charge in [-0.05, 0) is 32.9 Å². The Balaban J connectivity index is 2.18. The summed E-state index contributed by atoms with van der Waals surface area (Å²) in [5, 5.41) is 20.6. The summed E-state index contributed by atoms with van der Waals surface area (Å²) >= 11 is 0. The maximum Gasteiger partial charge on any atom is 0.413 e. The van der Waals surface area contributed by atoms with Gasteiger partial charge in [0.15, 0.2) is 0 Å². The normalized spacial score (nSPS) is 15.8. The molecule has 1 aromatic rings. The lowest BCUT2D eigenvalue weighted by Gasteiger charge is -2.22. The van der Waals surface area contributed by atoms with Crippen molar-refractivity contribution in [2.75, 3.05) is 25.0 Å². The van der Waals surface area contributed by atoms with Crippen molar-refractivity contribution in [2.45, 2.75) is 25.8 Å². The molecule has 9 nitrogen and oxygen atoms in total. The van der Waals surface area contributed by atoms with Gasteiger partial charge < -0.3 is 10.1 Å². The molecule has 1 fully saturated rings. The molecule has 1 saturated heterocycles. The molecule has 0 spiro atoms. The first-order chi connectivity index (χ1) is 9.61. The Hall–Kier alpha value is -2.16. The maximum atomic E-state index is 11.4. The summed E-state index contributed by atoms with van der Waals surface area (Å²) in [6.07, 6.45) is 2.30. The van der Waals surface area contributed by atoms with Gasteiger partial charge in [-0.2, -0.15) is 0 Å². The van der Waals surface area contributed by atoms with Crippen molar-refractivity contribution in [3.63, 3.8) is 0 Å². The summed E-state index contributed by atoms with van der Waals surface area (Å²) in [4.78, 5) is 21.8. The summed E-state index contributed by atoms with van der Waals surface area (Å²) in [6.45, 7) is 3.54. The van der Waals surface area contributed by atoms with Gasteiger partial charge in [0.25, 0.3) is 0 Å². The number of carbonyl (C=O) groups is 1. The lowest BCUT2D eigenvalue weighted by molar-refractivity contribution is -0.384. The fraction of sp³-hybridized carbons (Fsp3) is 0.636. The number of anilines is 1. The van der Waals surface area contributed by atoms with Crippen LogP contribution in [0.25, 0.3) is 0 Å². The lowest BCUT2D eigenvalue weighted by Crippen LogP contribution is -2.29. The van der Waals surface area contributed by atoms with E-state index in [4.69, 9.17) is 4.74 Å². The Bertz CT molecular complexity index is 495. The van der Waals surface area contributed by atoms with Gasteiger partial charge in [0, 0.05) is 0 Å². The number of rotatable bonds is 4. The number of nitrogens with one attached hydrogen (secondary N) is 2. The summed E-state index contributed by atoms with van der Waals surface area (Å²) in [6, 6.07) is 0.104. The zero-order valence-electron chi connectivity index (χ0n) is 11.2. The Kier molecular flexibility index (Phi) is 4.51. The van der Waals surface area contributed by atoms with Crippen molar-refractivity contribution in [2.24, 2.45) is 0 Å². The van der Waals surface area contributed by atoms with Crippen molar-refractivity contribution >= 4 is 17.6 Å². The van der Waals surface area contributed by atoms with E-state index in [0.29, 0.717) is 0 Å². The third-order valence-electron chi connectivity index (χ3n) is 3.09. The first-order valence-corrected chi connectivity index (χ1v) is 6.50. The Morgan fingerprint density at radius 2 is 2.35 bits per heavy atom. The Morgan fingerprint density at radius 1 is 1.65 bits per heavy atom. The number of hydrogen-bond donors (Lipinski definition) is 2. The maximum absolute atomic E-state index is 11.4. The van der Waals surface area contributed by atoms with Crippen LogP contribution in [0, 0.1) is 10.1 Å². The zero-order chi connectivity index (χ0) is 14.5. The molecule has 0 atom stereocenters. The summed E-state index contributed by atoms with van der Waals surface area (Å²) in [5.41, 5.74) is -0.225. The Morgan fingerprint density at radius 3 is 2.95 bits per heavy atom. The van der Waals surface area contributed by atoms with Gasteiger partial charge in [0.05, 0.1) is 17.6 Å². The minimum atomic E-state index is -0.744. The summed E-state index contributed by atoms with van der Waals surface area (Å²) in [7, 11) is 0. The largest absolute Gasteiger partial charge is 0.450 e. The van der Waals surface area contributed by atoms with E-state index in [1.54, 1.807) is 11.6 Å². The Labute approximate surface area is 115 Å². The van der Waals surface area contributed by atoms with E-state index in [2.05, 4.69) is 15.7 Å². The number of carbonyl (C=O) groups excluding carboxylic acids is 1. The van der Waals surface area contributed by atoms with Crippen LogP contribution < -0.4 is 10.6 Å². The van der Waals surface area contributed by atoms with Gasteiger partial charge in [-0.1, -0.05) is 0 Å². The molecule has 0 radical (unpaired) electrons. The molecule has 2 N–H and O–H groups in total. The number of nitrogens with zero attached hydrogens (tertiary/aromatic N) is 3. The predicted molar refractivity (Wildman–Crippen MR) is 70.7 cm³/mol. The quantitative estimate of drug-likeness (QED) is 0.636. The predicted octanol–water partition coefficient (Wildman–Crippen LogP) is 1.28. The third-order valence-corrected chi connectivity index (χ3v) is 3.09. The van der Waals surface area contributed by atoms with E-state index < -0.39 is 11.0 Å². The summed E-state index contributed by atoms with van der Waals surface area (Å²) in [5.74, 6) is -0.0769. The number of ether oxygens (including phenoxy) is 1. The molecule has 110 valence electrons. The molecule has 0 saturated carbocycles. The molecule has 9 heteroatoms. The third kappa shape index (κ3) is 3.23. The minimum Gasteiger partial charge on any atom is -0.450 e. The molecule has 0 aromatic carbocycles. The van der Waals surface area contributed by atoms with Crippen molar-refractivity contribution in [1.82, 2.24) is 15.1 Å². The monoisotopic (exact) mass is 283 g/mol. The first-order valence-electron chi connectivity index (χ1n) is 6.50. The van der Waals surface area contributed by atoms with Gasteiger partial charge in [0.1, 0.15) is 6.20 Å². The van der Waals surface area contributed by atoms with Crippen molar-refractivity contribution in [1.29, 1.82) is 0 Å². The van der Waals surface area contributed by atoms with E-state index in [1.807, 2.05) is 0 Å². The molecular weight excluding hydrogens is 266 g/mol. The molecule has 0 aliphatic carbocycles. The van der Waals surface area contributed by atoms with Gasteiger partial charge in [-0.15, -0.1) is 5.10 Å². The van der Waals surface area contributed by atoms with E-state index in [-0.39, 0.29) is 24.2 Å². The number of piperidine rings is 1. The molecule has 0 unspecified atom stereocenters. The van der Waals surface area contributed by atoms with Crippen LogP contribution in [0.4, 0.5) is 16.3 Å².